The van der Waals surface area contributed by atoms with E-state index in [9.17, 15) is 0 Å². The van der Waals surface area contributed by atoms with Gasteiger partial charge in [-0.1, -0.05) is 27.2 Å². The Hall–Kier alpha value is -0.450. The Morgan fingerprint density at radius 3 is 2.85 bits per heavy atom. The molecular formula is C16H29N3S. The molecule has 1 atom stereocenters. The van der Waals surface area contributed by atoms with E-state index < -0.39 is 0 Å². The van der Waals surface area contributed by atoms with Crippen LogP contribution in [0.4, 0.5) is 0 Å². The van der Waals surface area contributed by atoms with Gasteiger partial charge in [0.25, 0.3) is 0 Å². The average Bonchev–Trinajstić information content (AvgIpc) is 2.81. The Morgan fingerprint density at radius 2 is 2.20 bits per heavy atom. The number of hydrogen-bond donors (Lipinski definition) is 1. The Morgan fingerprint density at radius 1 is 1.40 bits per heavy atom. The molecular weight excluding hydrogens is 266 g/mol. The van der Waals surface area contributed by atoms with Crippen LogP contribution < -0.4 is 5.32 Å². The predicted octanol–water partition coefficient (Wildman–Crippen LogP) is 3.58. The van der Waals surface area contributed by atoms with Gasteiger partial charge in [-0.25, -0.2) is 4.98 Å². The Bertz CT molecular complexity index is 414. The molecule has 1 unspecified atom stereocenters. The zero-order valence-electron chi connectivity index (χ0n) is 13.4. The molecule has 0 amide bonds. The number of nitrogens with zero attached hydrogens (tertiary/aromatic N) is 2. The Kier molecular flexibility index (Phi) is 6.00. The maximum atomic E-state index is 4.87. The summed E-state index contributed by atoms with van der Waals surface area (Å²) in [6, 6.07) is 1.25. The van der Waals surface area contributed by atoms with Crippen LogP contribution in [0.15, 0.2) is 0 Å². The largest absolute Gasteiger partial charge is 0.310 e. The van der Waals surface area contributed by atoms with Crippen molar-refractivity contribution in [3.63, 3.8) is 0 Å². The predicted molar refractivity (Wildman–Crippen MR) is 87.2 cm³/mol. The summed E-state index contributed by atoms with van der Waals surface area (Å²) in [5.74, 6) is 0. The van der Waals surface area contributed by atoms with Crippen LogP contribution >= 0.6 is 11.3 Å². The van der Waals surface area contributed by atoms with Crippen LogP contribution in [-0.2, 0) is 19.5 Å². The molecule has 4 heteroatoms. The molecule has 1 saturated heterocycles. The molecule has 0 bridgehead atoms. The molecule has 0 radical (unpaired) electrons. The Balaban J connectivity index is 2.00. The number of likely N-dealkylation sites (tertiary alicyclic amines) is 1. The quantitative estimate of drug-likeness (QED) is 0.869. The van der Waals surface area contributed by atoms with Crippen molar-refractivity contribution in [3.05, 3.63) is 15.6 Å². The summed E-state index contributed by atoms with van der Waals surface area (Å²) in [7, 11) is 0. The molecule has 1 aliphatic heterocycles. The van der Waals surface area contributed by atoms with Crippen LogP contribution in [0.3, 0.4) is 0 Å². The Labute approximate surface area is 127 Å². The van der Waals surface area contributed by atoms with Crippen molar-refractivity contribution < 1.29 is 0 Å². The second-order valence-corrected chi connectivity index (χ2v) is 7.35. The van der Waals surface area contributed by atoms with Crippen LogP contribution in [0.25, 0.3) is 0 Å². The third kappa shape index (κ3) is 4.27. The van der Waals surface area contributed by atoms with Crippen molar-refractivity contribution in [1.82, 2.24) is 15.2 Å². The van der Waals surface area contributed by atoms with E-state index in [-0.39, 0.29) is 0 Å². The van der Waals surface area contributed by atoms with E-state index in [0.29, 0.717) is 6.04 Å². The van der Waals surface area contributed by atoms with Crippen molar-refractivity contribution in [1.29, 1.82) is 0 Å². The van der Waals surface area contributed by atoms with Crippen LogP contribution in [0, 0.1) is 0 Å². The van der Waals surface area contributed by atoms with E-state index in [1.165, 1.54) is 41.4 Å². The van der Waals surface area contributed by atoms with Crippen LogP contribution in [0.2, 0.25) is 0 Å². The summed E-state index contributed by atoms with van der Waals surface area (Å²) >= 11 is 1.91. The summed E-state index contributed by atoms with van der Waals surface area (Å²) in [5, 5.41) is 4.82. The number of piperidine rings is 1. The van der Waals surface area contributed by atoms with Gasteiger partial charge >= 0.3 is 0 Å². The van der Waals surface area contributed by atoms with Gasteiger partial charge in [0.05, 0.1) is 12.2 Å². The lowest BCUT2D eigenvalue weighted by molar-refractivity contribution is 0.152. The van der Waals surface area contributed by atoms with E-state index in [4.69, 9.17) is 4.98 Å². The normalized spacial score (nSPS) is 20.8. The van der Waals surface area contributed by atoms with E-state index in [2.05, 4.69) is 37.9 Å². The molecule has 0 spiro atoms. The van der Waals surface area contributed by atoms with Gasteiger partial charge in [0.1, 0.15) is 5.01 Å². The van der Waals surface area contributed by atoms with Gasteiger partial charge in [-0.3, -0.25) is 4.90 Å². The summed E-state index contributed by atoms with van der Waals surface area (Å²) in [6.45, 7) is 12.2. The van der Waals surface area contributed by atoms with Gasteiger partial charge in [0, 0.05) is 23.5 Å². The first-order valence-corrected chi connectivity index (χ1v) is 8.86. The smallest absolute Gasteiger partial charge is 0.107 e. The molecule has 2 rings (SSSR count). The molecule has 1 N–H and O–H groups in total. The highest BCUT2D eigenvalue weighted by atomic mass is 32.1. The van der Waals surface area contributed by atoms with Crippen molar-refractivity contribution in [2.45, 2.75) is 78.6 Å². The van der Waals surface area contributed by atoms with Crippen LogP contribution in [-0.4, -0.2) is 28.5 Å². The number of thiazole rings is 1. The zero-order valence-corrected chi connectivity index (χ0v) is 14.2. The SMILES string of the molecule is CCc1nc(CN2CCCCC2C)sc1CNC(C)C. The molecule has 114 valence electrons. The summed E-state index contributed by atoms with van der Waals surface area (Å²) in [5.41, 5.74) is 1.29. The monoisotopic (exact) mass is 295 g/mol. The zero-order chi connectivity index (χ0) is 14.5. The van der Waals surface area contributed by atoms with Crippen molar-refractivity contribution in [2.24, 2.45) is 0 Å². The highest BCUT2D eigenvalue weighted by molar-refractivity contribution is 7.11. The van der Waals surface area contributed by atoms with Gasteiger partial charge in [0.2, 0.25) is 0 Å². The number of aryl methyl sites for hydroxylation is 1. The summed E-state index contributed by atoms with van der Waals surface area (Å²) in [4.78, 5) is 8.90. The minimum atomic E-state index is 0.535. The second-order valence-electron chi connectivity index (χ2n) is 6.18. The molecule has 1 aliphatic rings. The molecule has 1 fully saturated rings. The van der Waals surface area contributed by atoms with Gasteiger partial charge in [-0.2, -0.15) is 0 Å². The topological polar surface area (TPSA) is 28.2 Å². The minimum absolute atomic E-state index is 0.535. The van der Waals surface area contributed by atoms with Crippen molar-refractivity contribution in [2.75, 3.05) is 6.54 Å². The van der Waals surface area contributed by atoms with E-state index in [1.54, 1.807) is 0 Å². The highest BCUT2D eigenvalue weighted by Crippen LogP contribution is 2.24. The van der Waals surface area contributed by atoms with E-state index >= 15 is 0 Å². The number of aromatic nitrogens is 1. The molecule has 1 aromatic heterocycles. The van der Waals surface area contributed by atoms with Gasteiger partial charge < -0.3 is 5.32 Å². The molecule has 1 aromatic rings. The van der Waals surface area contributed by atoms with Crippen molar-refractivity contribution >= 4 is 11.3 Å². The fraction of sp³-hybridized carbons (Fsp3) is 0.812. The summed E-state index contributed by atoms with van der Waals surface area (Å²) < 4.78 is 0. The maximum Gasteiger partial charge on any atom is 0.107 e. The first kappa shape index (κ1) is 15.9. The lowest BCUT2D eigenvalue weighted by Gasteiger charge is -2.32. The first-order valence-electron chi connectivity index (χ1n) is 8.05. The second kappa shape index (κ2) is 7.53. The average molecular weight is 295 g/mol. The van der Waals surface area contributed by atoms with Gasteiger partial charge in [0.15, 0.2) is 0 Å². The molecule has 0 aromatic carbocycles. The fourth-order valence-electron chi connectivity index (χ4n) is 2.78. The highest BCUT2D eigenvalue weighted by Gasteiger charge is 2.20. The number of hydrogen-bond acceptors (Lipinski definition) is 4. The first-order chi connectivity index (χ1) is 9.60. The fourth-order valence-corrected chi connectivity index (χ4v) is 3.92. The number of nitrogens with one attached hydrogen (secondary N) is 1. The molecule has 3 nitrogen and oxygen atoms in total. The molecule has 20 heavy (non-hydrogen) atoms. The van der Waals surface area contributed by atoms with E-state index in [0.717, 1.165) is 25.6 Å². The molecule has 0 saturated carbocycles. The third-order valence-electron chi connectivity index (χ3n) is 4.11. The minimum Gasteiger partial charge on any atom is -0.310 e. The van der Waals surface area contributed by atoms with Gasteiger partial charge in [-0.05, 0) is 32.7 Å². The van der Waals surface area contributed by atoms with Crippen molar-refractivity contribution in [3.8, 4) is 0 Å². The standard InChI is InChI=1S/C16H29N3S/c1-5-14-15(10-17-12(2)3)20-16(18-14)11-19-9-7-6-8-13(19)4/h12-13,17H,5-11H2,1-4H3. The van der Waals surface area contributed by atoms with Crippen LogP contribution in [0.1, 0.15) is 62.5 Å². The lowest BCUT2D eigenvalue weighted by Crippen LogP contribution is -2.36. The maximum absolute atomic E-state index is 4.87. The molecule has 0 aliphatic carbocycles. The number of rotatable bonds is 6. The van der Waals surface area contributed by atoms with Crippen LogP contribution in [0.5, 0.6) is 0 Å². The summed E-state index contributed by atoms with van der Waals surface area (Å²) in [6.07, 6.45) is 5.12. The van der Waals surface area contributed by atoms with Gasteiger partial charge in [-0.15, -0.1) is 11.3 Å². The molecule has 2 heterocycles. The van der Waals surface area contributed by atoms with E-state index in [1.807, 2.05) is 11.3 Å². The lowest BCUT2D eigenvalue weighted by atomic mass is 10.0. The third-order valence-corrected chi connectivity index (χ3v) is 5.19.